The molecule has 1 aromatic heterocycles. The summed E-state index contributed by atoms with van der Waals surface area (Å²) >= 11 is 0. The maximum atomic E-state index is 12.7. The van der Waals surface area contributed by atoms with Crippen LogP contribution in [-0.4, -0.2) is 42.5 Å². The fourth-order valence-corrected chi connectivity index (χ4v) is 4.88. The van der Waals surface area contributed by atoms with Gasteiger partial charge in [0.15, 0.2) is 0 Å². The van der Waals surface area contributed by atoms with Crippen molar-refractivity contribution in [3.05, 3.63) is 59.9 Å². The Labute approximate surface area is 172 Å². The van der Waals surface area contributed by atoms with E-state index >= 15 is 0 Å². The van der Waals surface area contributed by atoms with E-state index in [-0.39, 0.29) is 24.1 Å². The second-order valence-corrected chi connectivity index (χ2v) is 9.14. The van der Waals surface area contributed by atoms with Gasteiger partial charge in [0.1, 0.15) is 5.69 Å². The van der Waals surface area contributed by atoms with Crippen molar-refractivity contribution in [2.24, 2.45) is 5.92 Å². The standard InChI is InChI=1S/C22H25N3O3S/c1-2-15-29(27,28)25-14-6-8-19(17-25)22(26)24-21-10-5-7-18(16-21)11-12-20-9-3-4-13-23-20/h3-5,7,9-10,13,16,19H,2,6,8,14-15,17H2,1H3,(H,24,26)/t19-/m1/s1. The Morgan fingerprint density at radius 1 is 1.24 bits per heavy atom. The molecule has 1 saturated heterocycles. The van der Waals surface area contributed by atoms with E-state index in [9.17, 15) is 13.2 Å². The topological polar surface area (TPSA) is 79.4 Å². The van der Waals surface area contributed by atoms with Crippen LogP contribution < -0.4 is 5.32 Å². The van der Waals surface area contributed by atoms with E-state index in [1.165, 1.54) is 4.31 Å². The summed E-state index contributed by atoms with van der Waals surface area (Å²) in [6.07, 6.45) is 3.64. The average molecular weight is 412 g/mol. The molecule has 6 nitrogen and oxygen atoms in total. The predicted octanol–water partition coefficient (Wildman–Crippen LogP) is 2.87. The largest absolute Gasteiger partial charge is 0.326 e. The fourth-order valence-electron chi connectivity index (χ4n) is 3.29. The predicted molar refractivity (Wildman–Crippen MR) is 114 cm³/mol. The van der Waals surface area contributed by atoms with E-state index in [1.807, 2.05) is 43.3 Å². The molecule has 0 aliphatic carbocycles. The van der Waals surface area contributed by atoms with Crippen molar-refractivity contribution in [1.82, 2.24) is 9.29 Å². The highest BCUT2D eigenvalue weighted by atomic mass is 32.2. The molecule has 2 aromatic rings. The van der Waals surface area contributed by atoms with Crippen molar-refractivity contribution in [1.29, 1.82) is 0 Å². The number of benzene rings is 1. The number of nitrogens with one attached hydrogen (secondary N) is 1. The van der Waals surface area contributed by atoms with E-state index in [1.54, 1.807) is 12.3 Å². The summed E-state index contributed by atoms with van der Waals surface area (Å²) in [5, 5.41) is 2.91. The molecule has 7 heteroatoms. The second kappa shape index (κ2) is 9.68. The van der Waals surface area contributed by atoms with E-state index in [4.69, 9.17) is 0 Å². The highest BCUT2D eigenvalue weighted by molar-refractivity contribution is 7.89. The average Bonchev–Trinajstić information content (AvgIpc) is 2.73. The molecule has 1 N–H and O–H groups in total. The summed E-state index contributed by atoms with van der Waals surface area (Å²) in [7, 11) is -3.28. The third-order valence-electron chi connectivity index (χ3n) is 4.74. The van der Waals surface area contributed by atoms with Gasteiger partial charge in [-0.3, -0.25) is 4.79 Å². The number of anilines is 1. The zero-order valence-corrected chi connectivity index (χ0v) is 17.3. The van der Waals surface area contributed by atoms with Gasteiger partial charge in [0, 0.05) is 30.5 Å². The van der Waals surface area contributed by atoms with Crippen LogP contribution in [0.3, 0.4) is 0 Å². The van der Waals surface area contributed by atoms with Crippen LogP contribution in [0.5, 0.6) is 0 Å². The molecule has 3 rings (SSSR count). The summed E-state index contributed by atoms with van der Waals surface area (Å²) in [5.41, 5.74) is 2.10. The minimum absolute atomic E-state index is 0.123. The first kappa shape index (κ1) is 21.0. The summed E-state index contributed by atoms with van der Waals surface area (Å²) in [5.74, 6) is 5.65. The molecule has 152 valence electrons. The molecule has 1 aliphatic rings. The Hall–Kier alpha value is -2.69. The molecular weight excluding hydrogens is 386 g/mol. The second-order valence-electron chi connectivity index (χ2n) is 7.05. The lowest BCUT2D eigenvalue weighted by atomic mass is 9.98. The van der Waals surface area contributed by atoms with Crippen LogP contribution in [0.15, 0.2) is 48.7 Å². The zero-order chi connectivity index (χ0) is 20.7. The van der Waals surface area contributed by atoms with Gasteiger partial charge in [0.25, 0.3) is 0 Å². The lowest BCUT2D eigenvalue weighted by Crippen LogP contribution is -2.44. The normalized spacial score (nSPS) is 17.2. The number of nitrogens with zero attached hydrogens (tertiary/aromatic N) is 2. The van der Waals surface area contributed by atoms with E-state index in [0.717, 1.165) is 5.56 Å². The molecule has 1 aliphatic heterocycles. The molecule has 1 amide bonds. The van der Waals surface area contributed by atoms with Crippen LogP contribution in [0.2, 0.25) is 0 Å². The number of amides is 1. The zero-order valence-electron chi connectivity index (χ0n) is 16.5. The Morgan fingerprint density at radius 2 is 2.10 bits per heavy atom. The Bertz CT molecular complexity index is 1010. The Kier molecular flexibility index (Phi) is 7.02. The number of sulfonamides is 1. The molecule has 0 saturated carbocycles. The maximum Gasteiger partial charge on any atom is 0.228 e. The number of hydrogen-bond donors (Lipinski definition) is 1. The quantitative estimate of drug-likeness (QED) is 0.768. The van der Waals surface area contributed by atoms with Gasteiger partial charge in [-0.1, -0.05) is 25.0 Å². The monoisotopic (exact) mass is 411 g/mol. The minimum Gasteiger partial charge on any atom is -0.326 e. The van der Waals surface area contributed by atoms with Crippen LogP contribution in [0.1, 0.15) is 37.4 Å². The van der Waals surface area contributed by atoms with Crippen molar-refractivity contribution in [3.8, 4) is 11.8 Å². The van der Waals surface area contributed by atoms with Gasteiger partial charge in [0.2, 0.25) is 15.9 Å². The number of hydrogen-bond acceptors (Lipinski definition) is 4. The molecular formula is C22H25N3O3S. The van der Waals surface area contributed by atoms with Crippen LogP contribution in [0, 0.1) is 17.8 Å². The van der Waals surface area contributed by atoms with Crippen LogP contribution >= 0.6 is 0 Å². The van der Waals surface area contributed by atoms with Crippen LogP contribution in [0.4, 0.5) is 5.69 Å². The molecule has 2 heterocycles. The molecule has 0 radical (unpaired) electrons. The molecule has 1 fully saturated rings. The van der Waals surface area contributed by atoms with Crippen molar-refractivity contribution in [3.63, 3.8) is 0 Å². The Morgan fingerprint density at radius 3 is 2.86 bits per heavy atom. The third-order valence-corrected chi connectivity index (χ3v) is 6.78. The third kappa shape index (κ3) is 5.89. The summed E-state index contributed by atoms with van der Waals surface area (Å²) < 4.78 is 26.1. The van der Waals surface area contributed by atoms with Crippen molar-refractivity contribution >= 4 is 21.6 Å². The number of carbonyl (C=O) groups excluding carboxylic acids is 1. The van der Waals surface area contributed by atoms with Crippen LogP contribution in [0.25, 0.3) is 0 Å². The first-order valence-electron chi connectivity index (χ1n) is 9.80. The molecule has 1 atom stereocenters. The van der Waals surface area contributed by atoms with Gasteiger partial charge in [0.05, 0.1) is 11.7 Å². The van der Waals surface area contributed by atoms with Gasteiger partial charge >= 0.3 is 0 Å². The molecule has 0 spiro atoms. The maximum absolute atomic E-state index is 12.7. The van der Waals surface area contributed by atoms with Crippen molar-refractivity contribution in [2.75, 3.05) is 24.2 Å². The van der Waals surface area contributed by atoms with E-state index in [2.05, 4.69) is 22.1 Å². The molecule has 0 unspecified atom stereocenters. The van der Waals surface area contributed by atoms with Gasteiger partial charge in [-0.25, -0.2) is 17.7 Å². The highest BCUT2D eigenvalue weighted by Gasteiger charge is 2.31. The van der Waals surface area contributed by atoms with Gasteiger partial charge in [-0.2, -0.15) is 0 Å². The van der Waals surface area contributed by atoms with Crippen molar-refractivity contribution in [2.45, 2.75) is 26.2 Å². The highest BCUT2D eigenvalue weighted by Crippen LogP contribution is 2.22. The smallest absolute Gasteiger partial charge is 0.228 e. The van der Waals surface area contributed by atoms with E-state index in [0.29, 0.717) is 37.2 Å². The van der Waals surface area contributed by atoms with Crippen LogP contribution in [-0.2, 0) is 14.8 Å². The summed E-state index contributed by atoms with van der Waals surface area (Å²) in [4.78, 5) is 16.9. The lowest BCUT2D eigenvalue weighted by molar-refractivity contribution is -0.120. The SMILES string of the molecule is CCCS(=O)(=O)N1CCC[C@@H](C(=O)Nc2cccc(C#Cc3ccccn3)c2)C1. The number of piperidine rings is 1. The van der Waals surface area contributed by atoms with Gasteiger partial charge in [-0.15, -0.1) is 0 Å². The summed E-state index contributed by atoms with van der Waals surface area (Å²) in [6.45, 7) is 2.58. The minimum atomic E-state index is -3.28. The number of aromatic nitrogens is 1. The first-order valence-corrected chi connectivity index (χ1v) is 11.4. The molecule has 1 aromatic carbocycles. The lowest BCUT2D eigenvalue weighted by Gasteiger charge is -2.31. The Balaban J connectivity index is 1.66. The van der Waals surface area contributed by atoms with Gasteiger partial charge in [-0.05, 0) is 55.5 Å². The van der Waals surface area contributed by atoms with Gasteiger partial charge < -0.3 is 5.32 Å². The van der Waals surface area contributed by atoms with E-state index < -0.39 is 10.0 Å². The number of rotatable bonds is 5. The number of carbonyl (C=O) groups is 1. The first-order chi connectivity index (χ1) is 14.0. The van der Waals surface area contributed by atoms with Crippen molar-refractivity contribution < 1.29 is 13.2 Å². The molecule has 29 heavy (non-hydrogen) atoms. The molecule has 0 bridgehead atoms. The summed E-state index contributed by atoms with van der Waals surface area (Å²) in [6, 6.07) is 12.9. The fraction of sp³-hybridized carbons (Fsp3) is 0.364. The number of pyridine rings is 1.